The number of imide groups is 2. The summed E-state index contributed by atoms with van der Waals surface area (Å²) in [6, 6.07) is 7.94. The second kappa shape index (κ2) is 5.75. The zero-order valence-corrected chi connectivity index (χ0v) is 11.9. The summed E-state index contributed by atoms with van der Waals surface area (Å²) in [5.74, 6) is -1.48. The number of carbonyl (C=O) groups excluding carboxylic acids is 3. The number of carbonyl (C=O) groups is 3. The second-order valence-corrected chi connectivity index (χ2v) is 5.29. The topological polar surface area (TPSA) is 81.5 Å². The minimum Gasteiger partial charge on any atom is -0.263 e. The standard InChI is InChI=1S/C15H15N3O3/c1-10(2)8-17-13(19)14(20)18(15(17)21)9-12-5-3-11(7-16)4-6-12/h3-6,10H,8-9H2,1-2H3. The average Bonchev–Trinajstić information content (AvgIpc) is 2.65. The Kier molecular flexibility index (Phi) is 4.03. The molecule has 0 aliphatic carbocycles. The van der Waals surface area contributed by atoms with Gasteiger partial charge in [-0.1, -0.05) is 26.0 Å². The van der Waals surface area contributed by atoms with Crippen molar-refractivity contribution < 1.29 is 14.4 Å². The molecule has 0 bridgehead atoms. The molecule has 1 heterocycles. The minimum absolute atomic E-state index is 0.0315. The molecule has 0 N–H and O–H groups in total. The molecule has 4 amide bonds. The van der Waals surface area contributed by atoms with Gasteiger partial charge in [0.05, 0.1) is 18.2 Å². The quantitative estimate of drug-likeness (QED) is 0.620. The van der Waals surface area contributed by atoms with E-state index >= 15 is 0 Å². The summed E-state index contributed by atoms with van der Waals surface area (Å²) in [6.07, 6.45) is 0. The zero-order chi connectivity index (χ0) is 15.6. The lowest BCUT2D eigenvalue weighted by atomic mass is 10.1. The van der Waals surface area contributed by atoms with Crippen molar-refractivity contribution in [1.29, 1.82) is 5.26 Å². The molecule has 1 aliphatic rings. The summed E-state index contributed by atoms with van der Waals surface area (Å²) in [5.41, 5.74) is 1.19. The van der Waals surface area contributed by atoms with E-state index < -0.39 is 17.8 Å². The van der Waals surface area contributed by atoms with Crippen molar-refractivity contribution in [3.05, 3.63) is 35.4 Å². The SMILES string of the molecule is CC(C)CN1C(=O)C(=O)N(Cc2ccc(C#N)cc2)C1=O. The predicted molar refractivity (Wildman–Crippen MR) is 73.7 cm³/mol. The first kappa shape index (κ1) is 14.7. The van der Waals surface area contributed by atoms with E-state index in [-0.39, 0.29) is 19.0 Å². The maximum Gasteiger partial charge on any atom is 0.334 e. The molecule has 1 aliphatic heterocycles. The van der Waals surface area contributed by atoms with Gasteiger partial charge >= 0.3 is 17.8 Å². The number of benzene rings is 1. The van der Waals surface area contributed by atoms with E-state index in [9.17, 15) is 14.4 Å². The third kappa shape index (κ3) is 2.92. The molecule has 2 rings (SSSR count). The average molecular weight is 285 g/mol. The van der Waals surface area contributed by atoms with Gasteiger partial charge in [0.25, 0.3) is 0 Å². The lowest BCUT2D eigenvalue weighted by Gasteiger charge is -2.17. The Morgan fingerprint density at radius 2 is 1.62 bits per heavy atom. The minimum atomic E-state index is -0.801. The molecular formula is C15H15N3O3. The number of hydrogen-bond donors (Lipinski definition) is 0. The van der Waals surface area contributed by atoms with Crippen LogP contribution in [-0.2, 0) is 16.1 Å². The van der Waals surface area contributed by atoms with Gasteiger partial charge < -0.3 is 0 Å². The monoisotopic (exact) mass is 285 g/mol. The van der Waals surface area contributed by atoms with Crippen LogP contribution in [0.2, 0.25) is 0 Å². The molecule has 0 radical (unpaired) electrons. The molecular weight excluding hydrogens is 270 g/mol. The van der Waals surface area contributed by atoms with E-state index in [4.69, 9.17) is 5.26 Å². The van der Waals surface area contributed by atoms with Gasteiger partial charge in [-0.15, -0.1) is 0 Å². The van der Waals surface area contributed by atoms with Gasteiger partial charge in [-0.05, 0) is 23.6 Å². The predicted octanol–water partition coefficient (Wildman–Crippen LogP) is 1.51. The lowest BCUT2D eigenvalue weighted by Crippen LogP contribution is -2.35. The third-order valence-electron chi connectivity index (χ3n) is 3.11. The molecule has 1 saturated heterocycles. The van der Waals surface area contributed by atoms with Crippen LogP contribution < -0.4 is 0 Å². The van der Waals surface area contributed by atoms with Gasteiger partial charge in [-0.2, -0.15) is 5.26 Å². The zero-order valence-electron chi connectivity index (χ0n) is 11.9. The van der Waals surface area contributed by atoms with Gasteiger partial charge in [0.1, 0.15) is 0 Å². The molecule has 1 fully saturated rings. The van der Waals surface area contributed by atoms with Crippen molar-refractivity contribution in [2.75, 3.05) is 6.54 Å². The Labute approximate surface area is 122 Å². The highest BCUT2D eigenvalue weighted by atomic mass is 16.2. The van der Waals surface area contributed by atoms with Gasteiger partial charge in [0, 0.05) is 6.54 Å². The molecule has 6 heteroatoms. The summed E-state index contributed by atoms with van der Waals surface area (Å²) in [7, 11) is 0. The molecule has 0 saturated carbocycles. The van der Waals surface area contributed by atoms with Crippen molar-refractivity contribution >= 4 is 17.8 Å². The number of nitrogens with zero attached hydrogens (tertiary/aromatic N) is 3. The first-order valence-electron chi connectivity index (χ1n) is 6.60. The fourth-order valence-electron chi connectivity index (χ4n) is 2.08. The number of hydrogen-bond acceptors (Lipinski definition) is 4. The molecule has 0 aromatic heterocycles. The molecule has 1 aromatic carbocycles. The maximum absolute atomic E-state index is 12.1. The first-order valence-corrected chi connectivity index (χ1v) is 6.60. The third-order valence-corrected chi connectivity index (χ3v) is 3.11. The summed E-state index contributed by atoms with van der Waals surface area (Å²) >= 11 is 0. The Morgan fingerprint density at radius 1 is 1.05 bits per heavy atom. The van der Waals surface area contributed by atoms with Gasteiger partial charge in [-0.25, -0.2) is 4.79 Å². The van der Waals surface area contributed by atoms with E-state index in [1.54, 1.807) is 24.3 Å². The van der Waals surface area contributed by atoms with Gasteiger partial charge in [-0.3, -0.25) is 19.4 Å². The number of nitriles is 1. The molecule has 108 valence electrons. The Hall–Kier alpha value is -2.68. The largest absolute Gasteiger partial charge is 0.334 e. The van der Waals surface area contributed by atoms with Crippen LogP contribution in [0.5, 0.6) is 0 Å². The van der Waals surface area contributed by atoms with Crippen molar-refractivity contribution in [2.24, 2.45) is 5.92 Å². The smallest absolute Gasteiger partial charge is 0.263 e. The van der Waals surface area contributed by atoms with Crippen molar-refractivity contribution in [1.82, 2.24) is 9.80 Å². The van der Waals surface area contributed by atoms with Gasteiger partial charge in [0.2, 0.25) is 0 Å². The number of urea groups is 1. The highest BCUT2D eigenvalue weighted by Gasteiger charge is 2.44. The van der Waals surface area contributed by atoms with Crippen LogP contribution in [0.15, 0.2) is 24.3 Å². The summed E-state index contributed by atoms with van der Waals surface area (Å²) < 4.78 is 0. The first-order chi connectivity index (χ1) is 9.93. The molecule has 0 unspecified atom stereocenters. The van der Waals surface area contributed by atoms with Crippen LogP contribution in [0.3, 0.4) is 0 Å². The molecule has 21 heavy (non-hydrogen) atoms. The Balaban J connectivity index is 2.16. The number of amides is 4. The van der Waals surface area contributed by atoms with E-state index in [2.05, 4.69) is 0 Å². The van der Waals surface area contributed by atoms with Gasteiger partial charge in [0.15, 0.2) is 0 Å². The lowest BCUT2D eigenvalue weighted by molar-refractivity contribution is -0.143. The van der Waals surface area contributed by atoms with Crippen LogP contribution in [0.25, 0.3) is 0 Å². The fraction of sp³-hybridized carbons (Fsp3) is 0.333. The summed E-state index contributed by atoms with van der Waals surface area (Å²) in [6.45, 7) is 4.00. The fourth-order valence-corrected chi connectivity index (χ4v) is 2.08. The summed E-state index contributed by atoms with van der Waals surface area (Å²) in [5, 5.41) is 8.73. The van der Waals surface area contributed by atoms with Crippen LogP contribution in [0.4, 0.5) is 4.79 Å². The second-order valence-electron chi connectivity index (χ2n) is 5.29. The number of rotatable bonds is 4. The Morgan fingerprint density at radius 3 is 2.14 bits per heavy atom. The molecule has 0 atom stereocenters. The summed E-state index contributed by atoms with van der Waals surface area (Å²) in [4.78, 5) is 37.8. The van der Waals surface area contributed by atoms with Crippen LogP contribution in [0, 0.1) is 17.2 Å². The molecule has 1 aromatic rings. The van der Waals surface area contributed by atoms with E-state index in [0.29, 0.717) is 11.1 Å². The van der Waals surface area contributed by atoms with E-state index in [1.165, 1.54) is 0 Å². The van der Waals surface area contributed by atoms with E-state index in [1.807, 2.05) is 19.9 Å². The van der Waals surface area contributed by atoms with Crippen molar-refractivity contribution in [2.45, 2.75) is 20.4 Å². The van der Waals surface area contributed by atoms with Crippen LogP contribution in [0.1, 0.15) is 25.0 Å². The highest BCUT2D eigenvalue weighted by molar-refractivity contribution is 6.44. The van der Waals surface area contributed by atoms with Crippen molar-refractivity contribution in [3.63, 3.8) is 0 Å². The van der Waals surface area contributed by atoms with Crippen molar-refractivity contribution in [3.8, 4) is 6.07 Å². The normalized spacial score (nSPS) is 15.0. The highest BCUT2D eigenvalue weighted by Crippen LogP contribution is 2.17. The molecule has 6 nitrogen and oxygen atoms in total. The molecule has 0 spiro atoms. The van der Waals surface area contributed by atoms with Crippen LogP contribution in [-0.4, -0.2) is 34.2 Å². The Bertz CT molecular complexity index is 629. The maximum atomic E-state index is 12.1. The van der Waals surface area contributed by atoms with Crippen LogP contribution >= 0.6 is 0 Å². The van der Waals surface area contributed by atoms with E-state index in [0.717, 1.165) is 9.80 Å².